The van der Waals surface area contributed by atoms with Crippen molar-refractivity contribution < 1.29 is 19.1 Å². The molecule has 0 saturated heterocycles. The van der Waals surface area contributed by atoms with Gasteiger partial charge in [0.05, 0.1) is 12.7 Å². The summed E-state index contributed by atoms with van der Waals surface area (Å²) in [5.74, 6) is -0.380. The normalized spacial score (nSPS) is 12.0. The fourth-order valence-electron chi connectivity index (χ4n) is 4.31. The first-order valence-corrected chi connectivity index (χ1v) is 14.9. The molecule has 1 atom stereocenters. The van der Waals surface area contributed by atoms with Gasteiger partial charge in [0.1, 0.15) is 0 Å². The summed E-state index contributed by atoms with van der Waals surface area (Å²) in [6.07, 6.45) is 26.5. The molecule has 0 heterocycles. The maximum absolute atomic E-state index is 11.9. The van der Waals surface area contributed by atoms with Gasteiger partial charge in [0.15, 0.2) is 0 Å². The lowest BCUT2D eigenvalue weighted by molar-refractivity contribution is -0.149. The van der Waals surface area contributed by atoms with Gasteiger partial charge in [-0.1, -0.05) is 123 Å². The number of unbranched alkanes of at least 4 members (excludes halogenated alkanes) is 17. The van der Waals surface area contributed by atoms with E-state index in [2.05, 4.69) is 13.8 Å². The van der Waals surface area contributed by atoms with Crippen molar-refractivity contribution in [1.82, 2.24) is 0 Å². The average molecular weight is 483 g/mol. The molecule has 0 bridgehead atoms. The Labute approximate surface area is 212 Å². The Morgan fingerprint density at radius 3 is 1.44 bits per heavy atom. The third-order valence-corrected chi connectivity index (χ3v) is 6.57. The number of rotatable bonds is 26. The number of esters is 2. The molecule has 0 fully saturated rings. The minimum atomic E-state index is -0.192. The van der Waals surface area contributed by atoms with Crippen LogP contribution in [0.1, 0.15) is 168 Å². The third-order valence-electron chi connectivity index (χ3n) is 6.57. The summed E-state index contributed by atoms with van der Waals surface area (Å²) in [7, 11) is 0. The molecule has 202 valence electrons. The molecule has 0 aromatic heterocycles. The molecule has 1 unspecified atom stereocenters. The lowest BCUT2D eigenvalue weighted by Crippen LogP contribution is -2.15. The van der Waals surface area contributed by atoms with Crippen LogP contribution >= 0.6 is 0 Å². The molecule has 0 rings (SSSR count). The van der Waals surface area contributed by atoms with Crippen molar-refractivity contribution >= 4 is 11.9 Å². The van der Waals surface area contributed by atoms with Crippen LogP contribution in [0.25, 0.3) is 0 Å². The highest BCUT2D eigenvalue weighted by atomic mass is 16.5. The second-order valence-corrected chi connectivity index (χ2v) is 10.2. The van der Waals surface area contributed by atoms with E-state index in [1.807, 2.05) is 6.92 Å². The molecule has 34 heavy (non-hydrogen) atoms. The lowest BCUT2D eigenvalue weighted by Gasteiger charge is -2.13. The van der Waals surface area contributed by atoms with Gasteiger partial charge in [-0.05, 0) is 32.6 Å². The first-order valence-electron chi connectivity index (χ1n) is 14.9. The summed E-state index contributed by atoms with van der Waals surface area (Å²) < 4.78 is 10.8. The summed E-state index contributed by atoms with van der Waals surface area (Å²) in [5.41, 5.74) is 0. The van der Waals surface area contributed by atoms with E-state index >= 15 is 0 Å². The minimum Gasteiger partial charge on any atom is -0.466 e. The Morgan fingerprint density at radius 2 is 0.941 bits per heavy atom. The van der Waals surface area contributed by atoms with E-state index in [0.29, 0.717) is 25.9 Å². The smallest absolute Gasteiger partial charge is 0.306 e. The van der Waals surface area contributed by atoms with Crippen molar-refractivity contribution in [3.8, 4) is 0 Å². The van der Waals surface area contributed by atoms with Gasteiger partial charge >= 0.3 is 11.9 Å². The summed E-state index contributed by atoms with van der Waals surface area (Å²) in [6.45, 7) is 6.97. The van der Waals surface area contributed by atoms with Crippen LogP contribution in [0.3, 0.4) is 0 Å². The lowest BCUT2D eigenvalue weighted by atomic mass is 10.0. The highest BCUT2D eigenvalue weighted by Crippen LogP contribution is 2.13. The predicted molar refractivity (Wildman–Crippen MR) is 144 cm³/mol. The summed E-state index contributed by atoms with van der Waals surface area (Å²) in [4.78, 5) is 23.8. The fourth-order valence-corrected chi connectivity index (χ4v) is 4.31. The number of carbonyl (C=O) groups is 2. The van der Waals surface area contributed by atoms with E-state index in [1.54, 1.807) is 0 Å². The molecule has 0 saturated carbocycles. The number of carbonyl (C=O) groups excluding carboxylic acids is 2. The molecule has 0 spiro atoms. The molecule has 0 aliphatic carbocycles. The van der Waals surface area contributed by atoms with E-state index in [1.165, 1.54) is 103 Å². The maximum atomic E-state index is 11.9. The van der Waals surface area contributed by atoms with Crippen LogP contribution in [0.4, 0.5) is 0 Å². The molecule has 0 radical (unpaired) electrons. The van der Waals surface area contributed by atoms with Crippen molar-refractivity contribution in [1.29, 1.82) is 0 Å². The van der Waals surface area contributed by atoms with Gasteiger partial charge in [0, 0.05) is 12.8 Å². The van der Waals surface area contributed by atoms with Crippen molar-refractivity contribution in [3.63, 3.8) is 0 Å². The monoisotopic (exact) mass is 482 g/mol. The zero-order valence-electron chi connectivity index (χ0n) is 23.2. The van der Waals surface area contributed by atoms with Crippen molar-refractivity contribution in [3.05, 3.63) is 0 Å². The second kappa shape index (κ2) is 26.5. The van der Waals surface area contributed by atoms with Gasteiger partial charge in [-0.25, -0.2) is 0 Å². The van der Waals surface area contributed by atoms with Crippen LogP contribution in [0.2, 0.25) is 0 Å². The molecule has 0 aliphatic heterocycles. The Balaban J connectivity index is 3.38. The average Bonchev–Trinajstić information content (AvgIpc) is 2.81. The Hall–Kier alpha value is -1.06. The molecule has 0 N–H and O–H groups in total. The van der Waals surface area contributed by atoms with E-state index in [4.69, 9.17) is 9.47 Å². The third kappa shape index (κ3) is 25.6. The fraction of sp³-hybridized carbons (Fsp3) is 0.933. The van der Waals surface area contributed by atoms with Crippen molar-refractivity contribution in [2.45, 2.75) is 175 Å². The van der Waals surface area contributed by atoms with Crippen LogP contribution in [-0.2, 0) is 19.1 Å². The molecule has 4 heteroatoms. The van der Waals surface area contributed by atoms with Crippen molar-refractivity contribution in [2.75, 3.05) is 6.61 Å². The molecule has 0 aromatic carbocycles. The summed E-state index contributed by atoms with van der Waals surface area (Å²) in [5, 5.41) is 0. The summed E-state index contributed by atoms with van der Waals surface area (Å²) in [6, 6.07) is 0. The minimum absolute atomic E-state index is 0.0267. The summed E-state index contributed by atoms with van der Waals surface area (Å²) >= 11 is 0. The van der Waals surface area contributed by atoms with E-state index in [-0.39, 0.29) is 18.0 Å². The highest BCUT2D eigenvalue weighted by molar-refractivity contribution is 5.72. The number of hydrogen-bond donors (Lipinski definition) is 0. The zero-order chi connectivity index (χ0) is 25.1. The Bertz CT molecular complexity index is 449. The molecule has 0 aromatic rings. The first kappa shape index (κ1) is 32.9. The molecule has 0 amide bonds. The van der Waals surface area contributed by atoms with Crippen LogP contribution in [0.15, 0.2) is 0 Å². The van der Waals surface area contributed by atoms with Gasteiger partial charge in [-0.2, -0.15) is 0 Å². The second-order valence-electron chi connectivity index (χ2n) is 10.2. The zero-order valence-corrected chi connectivity index (χ0v) is 23.2. The molecular weight excluding hydrogens is 424 g/mol. The van der Waals surface area contributed by atoms with Gasteiger partial charge in [-0.15, -0.1) is 0 Å². The van der Waals surface area contributed by atoms with Crippen LogP contribution in [-0.4, -0.2) is 24.6 Å². The van der Waals surface area contributed by atoms with Crippen LogP contribution in [0.5, 0.6) is 0 Å². The predicted octanol–water partition coefficient (Wildman–Crippen LogP) is 9.47. The van der Waals surface area contributed by atoms with E-state index in [0.717, 1.165) is 25.7 Å². The number of ether oxygens (including phenoxy) is 2. The largest absolute Gasteiger partial charge is 0.466 e. The van der Waals surface area contributed by atoms with Gasteiger partial charge in [0.2, 0.25) is 0 Å². The number of hydrogen-bond acceptors (Lipinski definition) is 4. The molecule has 0 aliphatic rings. The van der Waals surface area contributed by atoms with Gasteiger partial charge in [-0.3, -0.25) is 9.59 Å². The first-order chi connectivity index (χ1) is 16.6. The highest BCUT2D eigenvalue weighted by Gasteiger charge is 2.11. The molecule has 4 nitrogen and oxygen atoms in total. The van der Waals surface area contributed by atoms with E-state index < -0.39 is 0 Å². The Kier molecular flexibility index (Phi) is 25.7. The standard InChI is InChI=1S/C30H58O4/c1-4-6-8-10-12-13-14-15-16-17-18-20-22-27-33-29(31)25-23-26-30(32)34-28(3)24-21-19-11-9-7-5-2/h28H,4-27H2,1-3H3. The van der Waals surface area contributed by atoms with Crippen LogP contribution in [0, 0.1) is 0 Å². The molecular formula is C30H58O4. The van der Waals surface area contributed by atoms with Crippen LogP contribution < -0.4 is 0 Å². The Morgan fingerprint density at radius 1 is 0.529 bits per heavy atom. The van der Waals surface area contributed by atoms with Crippen molar-refractivity contribution in [2.24, 2.45) is 0 Å². The van der Waals surface area contributed by atoms with E-state index in [9.17, 15) is 9.59 Å². The topological polar surface area (TPSA) is 52.6 Å². The van der Waals surface area contributed by atoms with Gasteiger partial charge in [0.25, 0.3) is 0 Å². The van der Waals surface area contributed by atoms with Gasteiger partial charge < -0.3 is 9.47 Å². The quantitative estimate of drug-likeness (QED) is 0.0909. The SMILES string of the molecule is CCCCCCCCCCCCCCCOC(=O)CCCC(=O)OC(C)CCCCCCCC. The maximum Gasteiger partial charge on any atom is 0.306 e.